The second-order valence-electron chi connectivity index (χ2n) is 10.0. The highest BCUT2D eigenvalue weighted by Gasteiger charge is 2.24. The van der Waals surface area contributed by atoms with E-state index in [2.05, 4.69) is 15.3 Å². The summed E-state index contributed by atoms with van der Waals surface area (Å²) in [5.74, 6) is 4.92. The van der Waals surface area contributed by atoms with Crippen LogP contribution in [0.2, 0.25) is 5.02 Å². The van der Waals surface area contributed by atoms with E-state index in [1.165, 1.54) is 35.3 Å². The molecule has 0 fully saturated rings. The number of pyridine rings is 1. The van der Waals surface area contributed by atoms with Crippen molar-refractivity contribution in [2.45, 2.75) is 32.2 Å². The Labute approximate surface area is 251 Å². The maximum absolute atomic E-state index is 15.3. The lowest BCUT2D eigenvalue weighted by Gasteiger charge is -2.23. The third-order valence-electron chi connectivity index (χ3n) is 7.22. The van der Waals surface area contributed by atoms with Gasteiger partial charge in [0, 0.05) is 29.4 Å². The normalized spacial score (nSPS) is 17.5. The molecule has 216 valence electrons. The SMILES string of the molecule is CC1CCCC(n2cnc(-c3c(N(N)/C=C(\N)Cl)ccc(Cl)c3F)cc2=O)c2cc(ccn2)-c2ccccc2NC1=O. The van der Waals surface area contributed by atoms with Crippen LogP contribution >= 0.6 is 23.2 Å². The molecule has 9 nitrogen and oxygen atoms in total. The average Bonchev–Trinajstić information content (AvgIpc) is 2.96. The number of nitrogens with one attached hydrogen (secondary N) is 1. The van der Waals surface area contributed by atoms with E-state index in [1.807, 2.05) is 43.3 Å². The molecule has 4 aromatic rings. The summed E-state index contributed by atoms with van der Waals surface area (Å²) in [5.41, 5.74) is 8.22. The molecule has 3 heterocycles. The molecular weight excluding hydrogens is 580 g/mol. The van der Waals surface area contributed by atoms with Gasteiger partial charge in [0.25, 0.3) is 5.56 Å². The molecule has 0 saturated carbocycles. The van der Waals surface area contributed by atoms with Crippen LogP contribution in [0, 0.1) is 11.7 Å². The van der Waals surface area contributed by atoms with Gasteiger partial charge in [-0.25, -0.2) is 15.2 Å². The molecular formula is C30H28Cl2FN7O2. The van der Waals surface area contributed by atoms with E-state index in [4.69, 9.17) is 34.8 Å². The van der Waals surface area contributed by atoms with Crippen LogP contribution in [0.4, 0.5) is 15.8 Å². The Hall–Kier alpha value is -4.25. The Kier molecular flexibility index (Phi) is 8.58. The summed E-state index contributed by atoms with van der Waals surface area (Å²) in [5, 5.41) is 3.77. The first-order valence-corrected chi connectivity index (χ1v) is 14.0. The number of aromatic nitrogens is 3. The van der Waals surface area contributed by atoms with Crippen molar-refractivity contribution in [1.82, 2.24) is 14.5 Å². The third kappa shape index (κ3) is 6.01. The molecule has 0 saturated heterocycles. The molecule has 12 heteroatoms. The van der Waals surface area contributed by atoms with E-state index in [9.17, 15) is 9.59 Å². The number of fused-ring (bicyclic) bond motifs is 4. The summed E-state index contributed by atoms with van der Waals surface area (Å²) >= 11 is 11.8. The van der Waals surface area contributed by atoms with Crippen molar-refractivity contribution < 1.29 is 9.18 Å². The monoisotopic (exact) mass is 607 g/mol. The molecule has 0 radical (unpaired) electrons. The fourth-order valence-corrected chi connectivity index (χ4v) is 5.32. The van der Waals surface area contributed by atoms with Gasteiger partial charge in [-0.2, -0.15) is 0 Å². The molecule has 0 spiro atoms. The van der Waals surface area contributed by atoms with Crippen molar-refractivity contribution in [1.29, 1.82) is 0 Å². The van der Waals surface area contributed by atoms with Crippen LogP contribution in [-0.4, -0.2) is 20.4 Å². The molecule has 1 amide bonds. The Morgan fingerprint density at radius 3 is 2.69 bits per heavy atom. The minimum Gasteiger partial charge on any atom is -0.388 e. The van der Waals surface area contributed by atoms with Gasteiger partial charge in [-0.15, -0.1) is 0 Å². The van der Waals surface area contributed by atoms with Crippen LogP contribution in [0.3, 0.4) is 0 Å². The summed E-state index contributed by atoms with van der Waals surface area (Å²) in [4.78, 5) is 35.6. The van der Waals surface area contributed by atoms with Crippen molar-refractivity contribution in [3.05, 3.63) is 105 Å². The van der Waals surface area contributed by atoms with E-state index >= 15 is 4.39 Å². The summed E-state index contributed by atoms with van der Waals surface area (Å²) < 4.78 is 16.8. The van der Waals surface area contributed by atoms with E-state index in [-0.39, 0.29) is 38.9 Å². The van der Waals surface area contributed by atoms with Gasteiger partial charge in [-0.1, -0.05) is 54.7 Å². The Bertz CT molecular complexity index is 1740. The third-order valence-corrected chi connectivity index (χ3v) is 7.61. The smallest absolute Gasteiger partial charge is 0.254 e. The first-order valence-electron chi connectivity index (χ1n) is 13.2. The quantitative estimate of drug-likeness (QED) is 0.152. The van der Waals surface area contributed by atoms with Crippen molar-refractivity contribution in [3.8, 4) is 22.4 Å². The first kappa shape index (κ1) is 29.2. The van der Waals surface area contributed by atoms with Crippen molar-refractivity contribution in [3.63, 3.8) is 0 Å². The second kappa shape index (κ2) is 12.3. The Morgan fingerprint density at radius 2 is 1.93 bits per heavy atom. The van der Waals surface area contributed by atoms with Gasteiger partial charge in [0.05, 0.1) is 46.2 Å². The number of carbonyl (C=O) groups excluding carboxylic acids is 1. The van der Waals surface area contributed by atoms with Crippen LogP contribution in [0.25, 0.3) is 22.4 Å². The lowest BCUT2D eigenvalue weighted by atomic mass is 9.95. The zero-order valence-electron chi connectivity index (χ0n) is 22.6. The lowest BCUT2D eigenvalue weighted by molar-refractivity contribution is -0.119. The summed E-state index contributed by atoms with van der Waals surface area (Å²) in [6.45, 7) is 1.88. The van der Waals surface area contributed by atoms with E-state index in [1.54, 1.807) is 6.20 Å². The van der Waals surface area contributed by atoms with Crippen molar-refractivity contribution in [2.24, 2.45) is 17.5 Å². The van der Waals surface area contributed by atoms with E-state index in [0.717, 1.165) is 16.1 Å². The molecule has 2 atom stereocenters. The molecule has 0 aliphatic carbocycles. The van der Waals surface area contributed by atoms with Gasteiger partial charge >= 0.3 is 0 Å². The second-order valence-corrected chi connectivity index (χ2v) is 10.9. The van der Waals surface area contributed by atoms with Crippen LogP contribution in [0.1, 0.15) is 37.9 Å². The summed E-state index contributed by atoms with van der Waals surface area (Å²) in [7, 11) is 0. The molecule has 2 aromatic heterocycles. The fraction of sp³-hybridized carbons (Fsp3) is 0.200. The Morgan fingerprint density at radius 1 is 1.14 bits per heavy atom. The van der Waals surface area contributed by atoms with Crippen LogP contribution in [-0.2, 0) is 4.79 Å². The van der Waals surface area contributed by atoms with Crippen LogP contribution in [0.15, 0.2) is 83.3 Å². The predicted octanol–water partition coefficient (Wildman–Crippen LogP) is 5.79. The van der Waals surface area contributed by atoms with Crippen molar-refractivity contribution >= 4 is 40.5 Å². The zero-order valence-corrected chi connectivity index (χ0v) is 24.1. The van der Waals surface area contributed by atoms with E-state index < -0.39 is 17.4 Å². The summed E-state index contributed by atoms with van der Waals surface area (Å²) in [6, 6.07) is 14.9. The minimum atomic E-state index is -0.804. The number of rotatable bonds is 4. The number of para-hydroxylation sites is 1. The minimum absolute atomic E-state index is 0.0253. The highest BCUT2D eigenvalue weighted by atomic mass is 35.5. The molecule has 1 aliphatic heterocycles. The largest absolute Gasteiger partial charge is 0.388 e. The zero-order chi connectivity index (χ0) is 30.0. The summed E-state index contributed by atoms with van der Waals surface area (Å²) in [6.07, 6.45) is 6.00. The van der Waals surface area contributed by atoms with Gasteiger partial charge in [-0.05, 0) is 48.7 Å². The van der Waals surface area contributed by atoms with Crippen LogP contribution in [0.5, 0.6) is 0 Å². The van der Waals surface area contributed by atoms with Crippen LogP contribution < -0.4 is 27.5 Å². The fourth-order valence-electron chi connectivity index (χ4n) is 5.06. The standard InChI is InChI=1S/C30H28Cl2FN7O2/c1-17-5-4-8-24(22-13-18(11-12-36-22)19-6-2-3-7-21(19)38-30(17)42)39-16-37-23(14-27(39)41)28-25(40(35)15-26(32)34)10-9-20(31)29(28)33/h2-3,6-7,9-17,24H,4-5,8,34-35H2,1H3,(H,38,42)/b26-15-. The van der Waals surface area contributed by atoms with Gasteiger partial charge in [0.15, 0.2) is 5.82 Å². The molecule has 42 heavy (non-hydrogen) atoms. The number of hydrogen-bond acceptors (Lipinski definition) is 7. The highest BCUT2D eigenvalue weighted by molar-refractivity contribution is 6.31. The number of benzene rings is 2. The maximum Gasteiger partial charge on any atom is 0.254 e. The lowest BCUT2D eigenvalue weighted by Crippen LogP contribution is -2.28. The molecule has 2 aromatic carbocycles. The number of halogens is 3. The predicted molar refractivity (Wildman–Crippen MR) is 163 cm³/mol. The van der Waals surface area contributed by atoms with E-state index in [0.29, 0.717) is 30.6 Å². The number of amides is 1. The number of hydrogen-bond donors (Lipinski definition) is 3. The number of carbonyl (C=O) groups is 1. The molecule has 5 N–H and O–H groups in total. The molecule has 5 rings (SSSR count). The van der Waals surface area contributed by atoms with Crippen molar-refractivity contribution in [2.75, 3.05) is 10.3 Å². The Balaban J connectivity index is 1.61. The maximum atomic E-state index is 15.3. The number of hydrazine groups is 1. The van der Waals surface area contributed by atoms with Gasteiger partial charge in [0.1, 0.15) is 5.16 Å². The molecule has 2 bridgehead atoms. The van der Waals surface area contributed by atoms with Gasteiger partial charge in [0.2, 0.25) is 5.91 Å². The number of nitrogens with zero attached hydrogens (tertiary/aromatic N) is 4. The topological polar surface area (TPSA) is 132 Å². The molecule has 2 unspecified atom stereocenters. The number of nitrogens with two attached hydrogens (primary N) is 2. The average molecular weight is 609 g/mol. The molecule has 1 aliphatic rings. The first-order chi connectivity index (χ1) is 20.1. The van der Waals surface area contributed by atoms with Gasteiger partial charge in [-0.3, -0.25) is 24.1 Å². The highest BCUT2D eigenvalue weighted by Crippen LogP contribution is 2.36. The van der Waals surface area contributed by atoms with Gasteiger partial charge < -0.3 is 11.1 Å². The number of anilines is 2.